The second-order valence-electron chi connectivity index (χ2n) is 4.57. The van der Waals surface area contributed by atoms with E-state index in [4.69, 9.17) is 4.74 Å². The van der Waals surface area contributed by atoms with Crippen LogP contribution in [0.15, 0.2) is 54.7 Å². The third-order valence-corrected chi connectivity index (χ3v) is 3.08. The molecule has 22 heavy (non-hydrogen) atoms. The number of nitrogens with one attached hydrogen (secondary N) is 2. The number of ether oxygens (including phenoxy) is 1. The molecule has 0 bridgehead atoms. The lowest BCUT2D eigenvalue weighted by Crippen LogP contribution is -2.12. The van der Waals surface area contributed by atoms with Gasteiger partial charge in [-0.05, 0) is 30.3 Å². The van der Waals surface area contributed by atoms with Gasteiger partial charge in [-0.25, -0.2) is 0 Å². The molecule has 0 radical (unpaired) electrons. The highest BCUT2D eigenvalue weighted by atomic mass is 16.5. The van der Waals surface area contributed by atoms with Gasteiger partial charge in [0.1, 0.15) is 17.1 Å². The fraction of sp³-hybridized carbons (Fsp3) is 0.0625. The second-order valence-corrected chi connectivity index (χ2v) is 4.57. The Morgan fingerprint density at radius 1 is 1.14 bits per heavy atom. The fourth-order valence-corrected chi connectivity index (χ4v) is 1.98. The van der Waals surface area contributed by atoms with Crippen LogP contribution in [0.1, 0.15) is 10.5 Å². The molecule has 0 fully saturated rings. The SMILES string of the molecule is COc1cccc(NC(=O)c2cc(-c3ccccn3)n[nH]2)c1. The lowest BCUT2D eigenvalue weighted by atomic mass is 10.2. The van der Waals surface area contributed by atoms with Gasteiger partial charge >= 0.3 is 0 Å². The maximum Gasteiger partial charge on any atom is 0.273 e. The fourth-order valence-electron chi connectivity index (χ4n) is 1.98. The van der Waals surface area contributed by atoms with Gasteiger partial charge in [0.15, 0.2) is 0 Å². The van der Waals surface area contributed by atoms with Crippen molar-refractivity contribution in [2.24, 2.45) is 0 Å². The number of carbonyl (C=O) groups is 1. The number of anilines is 1. The van der Waals surface area contributed by atoms with E-state index in [9.17, 15) is 4.79 Å². The first kappa shape index (κ1) is 13.8. The molecule has 0 atom stereocenters. The highest BCUT2D eigenvalue weighted by Gasteiger charge is 2.12. The van der Waals surface area contributed by atoms with Crippen LogP contribution in [0.25, 0.3) is 11.4 Å². The van der Waals surface area contributed by atoms with E-state index in [0.29, 0.717) is 28.5 Å². The van der Waals surface area contributed by atoms with E-state index < -0.39 is 0 Å². The number of aromatic nitrogens is 3. The third-order valence-electron chi connectivity index (χ3n) is 3.08. The van der Waals surface area contributed by atoms with E-state index in [2.05, 4.69) is 20.5 Å². The molecule has 3 rings (SSSR count). The third kappa shape index (κ3) is 2.95. The van der Waals surface area contributed by atoms with Crippen LogP contribution in [0.5, 0.6) is 5.75 Å². The summed E-state index contributed by atoms with van der Waals surface area (Å²) in [6.07, 6.45) is 1.68. The van der Waals surface area contributed by atoms with Gasteiger partial charge in [0.05, 0.1) is 12.8 Å². The van der Waals surface area contributed by atoms with E-state index in [1.807, 2.05) is 24.3 Å². The van der Waals surface area contributed by atoms with Crippen molar-refractivity contribution in [2.45, 2.75) is 0 Å². The Balaban J connectivity index is 1.77. The van der Waals surface area contributed by atoms with Crippen LogP contribution in [0.4, 0.5) is 5.69 Å². The molecular weight excluding hydrogens is 280 g/mol. The van der Waals surface area contributed by atoms with Crippen LogP contribution in [0, 0.1) is 0 Å². The van der Waals surface area contributed by atoms with Crippen LogP contribution >= 0.6 is 0 Å². The first-order valence-corrected chi connectivity index (χ1v) is 6.68. The molecule has 0 unspecified atom stereocenters. The normalized spacial score (nSPS) is 10.2. The predicted octanol–water partition coefficient (Wildman–Crippen LogP) is 2.73. The van der Waals surface area contributed by atoms with Gasteiger partial charge < -0.3 is 10.1 Å². The van der Waals surface area contributed by atoms with E-state index in [1.165, 1.54) is 0 Å². The van der Waals surface area contributed by atoms with E-state index in [1.54, 1.807) is 37.6 Å². The number of rotatable bonds is 4. The Morgan fingerprint density at radius 2 is 2.05 bits per heavy atom. The second kappa shape index (κ2) is 6.09. The molecule has 3 aromatic rings. The molecule has 110 valence electrons. The number of benzene rings is 1. The molecule has 2 N–H and O–H groups in total. The zero-order chi connectivity index (χ0) is 15.4. The van der Waals surface area contributed by atoms with Crippen LogP contribution in [-0.2, 0) is 0 Å². The minimum Gasteiger partial charge on any atom is -0.497 e. The number of amides is 1. The van der Waals surface area contributed by atoms with Crippen molar-refractivity contribution < 1.29 is 9.53 Å². The quantitative estimate of drug-likeness (QED) is 0.775. The summed E-state index contributed by atoms with van der Waals surface area (Å²) in [5, 5.41) is 9.62. The topological polar surface area (TPSA) is 79.9 Å². The van der Waals surface area contributed by atoms with Crippen molar-refractivity contribution in [2.75, 3.05) is 12.4 Å². The summed E-state index contributed by atoms with van der Waals surface area (Å²) in [6, 6.07) is 14.3. The summed E-state index contributed by atoms with van der Waals surface area (Å²) >= 11 is 0. The average Bonchev–Trinajstić information content (AvgIpc) is 3.06. The average molecular weight is 294 g/mol. The van der Waals surface area contributed by atoms with E-state index in [-0.39, 0.29) is 5.91 Å². The summed E-state index contributed by atoms with van der Waals surface area (Å²) in [5.41, 5.74) is 2.34. The number of hydrogen-bond donors (Lipinski definition) is 2. The Bertz CT molecular complexity index is 784. The molecule has 1 aromatic carbocycles. The minimum absolute atomic E-state index is 0.275. The first-order valence-electron chi connectivity index (χ1n) is 6.68. The lowest BCUT2D eigenvalue weighted by Gasteiger charge is -2.05. The first-order chi connectivity index (χ1) is 10.8. The van der Waals surface area contributed by atoms with Crippen molar-refractivity contribution in [1.82, 2.24) is 15.2 Å². The summed E-state index contributed by atoms with van der Waals surface area (Å²) in [4.78, 5) is 16.4. The molecule has 0 aliphatic carbocycles. The van der Waals surface area contributed by atoms with Gasteiger partial charge in [0.25, 0.3) is 5.91 Å². The summed E-state index contributed by atoms with van der Waals surface area (Å²) in [5.74, 6) is 0.402. The van der Waals surface area contributed by atoms with Gasteiger partial charge in [-0.2, -0.15) is 5.10 Å². The number of carbonyl (C=O) groups excluding carboxylic acids is 1. The summed E-state index contributed by atoms with van der Waals surface area (Å²) < 4.78 is 5.12. The molecule has 6 heteroatoms. The number of hydrogen-bond acceptors (Lipinski definition) is 4. The monoisotopic (exact) mass is 294 g/mol. The minimum atomic E-state index is -0.275. The van der Waals surface area contributed by atoms with Crippen molar-refractivity contribution in [1.29, 1.82) is 0 Å². The molecule has 0 saturated carbocycles. The van der Waals surface area contributed by atoms with Gasteiger partial charge in [-0.1, -0.05) is 12.1 Å². The zero-order valence-corrected chi connectivity index (χ0v) is 11.9. The summed E-state index contributed by atoms with van der Waals surface area (Å²) in [6.45, 7) is 0. The standard InChI is InChI=1S/C16H14N4O2/c1-22-12-6-4-5-11(9-12)18-16(21)15-10-14(19-20-15)13-7-2-3-8-17-13/h2-10H,1H3,(H,18,21)(H,19,20). The number of H-pyrrole nitrogens is 1. The number of methoxy groups -OCH3 is 1. The van der Waals surface area contributed by atoms with Crippen molar-refractivity contribution in [3.8, 4) is 17.1 Å². The molecule has 0 spiro atoms. The molecule has 2 heterocycles. The van der Waals surface area contributed by atoms with Gasteiger partial charge in [-0.15, -0.1) is 0 Å². The lowest BCUT2D eigenvalue weighted by molar-refractivity contribution is 0.102. The highest BCUT2D eigenvalue weighted by molar-refractivity contribution is 6.03. The zero-order valence-electron chi connectivity index (χ0n) is 11.9. The van der Waals surface area contributed by atoms with Crippen molar-refractivity contribution >= 4 is 11.6 Å². The molecule has 1 amide bonds. The molecule has 0 aliphatic rings. The molecule has 0 aliphatic heterocycles. The maximum atomic E-state index is 12.2. The van der Waals surface area contributed by atoms with Crippen molar-refractivity contribution in [3.05, 3.63) is 60.4 Å². The maximum absolute atomic E-state index is 12.2. The van der Waals surface area contributed by atoms with Crippen LogP contribution < -0.4 is 10.1 Å². The predicted molar refractivity (Wildman–Crippen MR) is 82.8 cm³/mol. The van der Waals surface area contributed by atoms with Crippen LogP contribution in [0.2, 0.25) is 0 Å². The Morgan fingerprint density at radius 3 is 2.82 bits per heavy atom. The van der Waals surface area contributed by atoms with Crippen molar-refractivity contribution in [3.63, 3.8) is 0 Å². The van der Waals surface area contributed by atoms with Crippen LogP contribution in [0.3, 0.4) is 0 Å². The Hall–Kier alpha value is -3.15. The van der Waals surface area contributed by atoms with E-state index >= 15 is 0 Å². The largest absolute Gasteiger partial charge is 0.497 e. The van der Waals surface area contributed by atoms with E-state index in [0.717, 1.165) is 0 Å². The van der Waals surface area contributed by atoms with Crippen LogP contribution in [-0.4, -0.2) is 28.2 Å². The number of nitrogens with zero attached hydrogens (tertiary/aromatic N) is 2. The summed E-state index contributed by atoms with van der Waals surface area (Å²) in [7, 11) is 1.58. The van der Waals surface area contributed by atoms with Gasteiger partial charge in [0.2, 0.25) is 0 Å². The molecule has 2 aromatic heterocycles. The number of pyridine rings is 1. The number of aromatic amines is 1. The van der Waals surface area contributed by atoms with Gasteiger partial charge in [-0.3, -0.25) is 14.9 Å². The smallest absolute Gasteiger partial charge is 0.273 e. The van der Waals surface area contributed by atoms with Gasteiger partial charge in [0, 0.05) is 18.0 Å². The molecule has 6 nitrogen and oxygen atoms in total. The Kier molecular flexibility index (Phi) is 3.82. The molecule has 0 saturated heterocycles. The Labute approximate surface area is 127 Å². The highest BCUT2D eigenvalue weighted by Crippen LogP contribution is 2.18. The molecular formula is C16H14N4O2.